The zero-order chi connectivity index (χ0) is 16.4. The third kappa shape index (κ3) is 2.88. The summed E-state index contributed by atoms with van der Waals surface area (Å²) in [6.45, 7) is 4.10. The lowest BCUT2D eigenvalue weighted by molar-refractivity contribution is 0.192. The van der Waals surface area contributed by atoms with Crippen molar-refractivity contribution in [2.75, 3.05) is 31.1 Å². The van der Waals surface area contributed by atoms with Crippen molar-refractivity contribution in [2.24, 2.45) is 0 Å². The molecule has 1 aliphatic heterocycles. The first-order valence-electron chi connectivity index (χ1n) is 8.14. The third-order valence-corrected chi connectivity index (χ3v) is 4.44. The highest BCUT2D eigenvalue weighted by Gasteiger charge is 2.18. The van der Waals surface area contributed by atoms with Crippen LogP contribution in [0.2, 0.25) is 0 Å². The van der Waals surface area contributed by atoms with Gasteiger partial charge in [0.25, 0.3) is 5.56 Å². The summed E-state index contributed by atoms with van der Waals surface area (Å²) in [7, 11) is 0. The molecule has 6 nitrogen and oxygen atoms in total. The lowest BCUT2D eigenvalue weighted by Gasteiger charge is -2.35. The van der Waals surface area contributed by atoms with E-state index in [-0.39, 0.29) is 5.56 Å². The second kappa shape index (κ2) is 6.41. The van der Waals surface area contributed by atoms with Crippen LogP contribution in [0.5, 0.6) is 0 Å². The van der Waals surface area contributed by atoms with Gasteiger partial charge in [-0.15, -0.1) is 0 Å². The predicted molar refractivity (Wildman–Crippen MR) is 94.0 cm³/mol. The van der Waals surface area contributed by atoms with Crippen molar-refractivity contribution < 1.29 is 0 Å². The third-order valence-electron chi connectivity index (χ3n) is 4.44. The van der Waals surface area contributed by atoms with Crippen molar-refractivity contribution in [3.05, 3.63) is 65.2 Å². The minimum Gasteiger partial charge on any atom is -0.354 e. The van der Waals surface area contributed by atoms with Crippen molar-refractivity contribution >= 4 is 16.6 Å². The van der Waals surface area contributed by atoms with E-state index in [2.05, 4.69) is 19.9 Å². The highest BCUT2D eigenvalue weighted by molar-refractivity contribution is 5.80. The number of fused-ring (bicyclic) bond motifs is 1. The van der Waals surface area contributed by atoms with Gasteiger partial charge in [0.2, 0.25) is 0 Å². The Kier molecular flexibility index (Phi) is 3.96. The van der Waals surface area contributed by atoms with Gasteiger partial charge in [0.1, 0.15) is 5.82 Å². The average molecular weight is 321 g/mol. The highest BCUT2D eigenvalue weighted by Crippen LogP contribution is 2.13. The summed E-state index contributed by atoms with van der Waals surface area (Å²) < 4.78 is 1.55. The first kappa shape index (κ1) is 14.8. The number of benzene rings is 1. The molecule has 3 heterocycles. The average Bonchev–Trinajstić information content (AvgIpc) is 2.66. The Balaban J connectivity index is 1.46. The first-order chi connectivity index (χ1) is 11.8. The highest BCUT2D eigenvalue weighted by atomic mass is 16.1. The number of hydrogen-bond donors (Lipinski definition) is 0. The Hall–Kier alpha value is -2.73. The van der Waals surface area contributed by atoms with Gasteiger partial charge in [-0.1, -0.05) is 24.3 Å². The van der Waals surface area contributed by atoms with Crippen molar-refractivity contribution in [3.8, 4) is 0 Å². The van der Waals surface area contributed by atoms with E-state index in [1.165, 1.54) is 0 Å². The molecule has 0 radical (unpaired) electrons. The number of anilines is 1. The van der Waals surface area contributed by atoms with Gasteiger partial charge < -0.3 is 4.90 Å². The molecule has 0 amide bonds. The lowest BCUT2D eigenvalue weighted by atomic mass is 10.2. The molecular weight excluding hydrogens is 302 g/mol. The number of piperazine rings is 1. The van der Waals surface area contributed by atoms with Crippen LogP contribution in [0.1, 0.15) is 0 Å². The number of pyridine rings is 1. The van der Waals surface area contributed by atoms with Crippen LogP contribution in [0.3, 0.4) is 0 Å². The predicted octanol–water partition coefficient (Wildman–Crippen LogP) is 1.57. The van der Waals surface area contributed by atoms with Crippen molar-refractivity contribution in [3.63, 3.8) is 0 Å². The van der Waals surface area contributed by atoms with E-state index in [4.69, 9.17) is 0 Å². The van der Waals surface area contributed by atoms with E-state index < -0.39 is 0 Å². The number of aromatic nitrogens is 3. The van der Waals surface area contributed by atoms with Crippen LogP contribution in [0.15, 0.2) is 59.7 Å². The van der Waals surface area contributed by atoms with Crippen molar-refractivity contribution in [1.29, 1.82) is 0 Å². The lowest BCUT2D eigenvalue weighted by Crippen LogP contribution is -2.48. The molecule has 0 saturated carbocycles. The molecule has 0 aliphatic carbocycles. The molecule has 0 spiro atoms. The normalized spacial score (nSPS) is 15.8. The largest absolute Gasteiger partial charge is 0.354 e. The van der Waals surface area contributed by atoms with Crippen LogP contribution < -0.4 is 10.5 Å². The number of hydrogen-bond acceptors (Lipinski definition) is 5. The second-order valence-corrected chi connectivity index (χ2v) is 5.97. The standard InChI is InChI=1S/C18H19N5O/c24-18-16-6-2-1-5-15(16)13-20-23(18)14-21-9-11-22(12-10-21)17-7-3-4-8-19-17/h1-8,13H,9-12,14H2. The Labute approximate surface area is 140 Å². The van der Waals surface area contributed by atoms with E-state index in [1.54, 1.807) is 10.9 Å². The molecule has 4 rings (SSSR count). The number of nitrogens with zero attached hydrogens (tertiary/aromatic N) is 5. The monoisotopic (exact) mass is 321 g/mol. The summed E-state index contributed by atoms with van der Waals surface area (Å²) in [4.78, 5) is 21.5. The molecule has 0 atom stereocenters. The zero-order valence-corrected chi connectivity index (χ0v) is 13.4. The fraction of sp³-hybridized carbons (Fsp3) is 0.278. The molecule has 0 unspecified atom stereocenters. The zero-order valence-electron chi connectivity index (χ0n) is 13.4. The fourth-order valence-corrected chi connectivity index (χ4v) is 3.08. The van der Waals surface area contributed by atoms with Crippen LogP contribution in [-0.4, -0.2) is 45.8 Å². The van der Waals surface area contributed by atoms with Gasteiger partial charge in [-0.25, -0.2) is 9.67 Å². The summed E-state index contributed by atoms with van der Waals surface area (Å²) in [6, 6.07) is 13.6. The first-order valence-corrected chi connectivity index (χ1v) is 8.14. The van der Waals surface area contributed by atoms with Crippen LogP contribution in [0, 0.1) is 0 Å². The molecule has 0 bridgehead atoms. The molecule has 24 heavy (non-hydrogen) atoms. The Morgan fingerprint density at radius 2 is 1.75 bits per heavy atom. The molecule has 6 heteroatoms. The number of rotatable bonds is 3. The van der Waals surface area contributed by atoms with Gasteiger partial charge in [-0.3, -0.25) is 9.69 Å². The molecule has 1 aromatic carbocycles. The molecule has 1 fully saturated rings. The topological polar surface area (TPSA) is 54.3 Å². The van der Waals surface area contributed by atoms with Gasteiger partial charge in [0, 0.05) is 37.8 Å². The van der Waals surface area contributed by atoms with Crippen LogP contribution >= 0.6 is 0 Å². The molecule has 0 N–H and O–H groups in total. The molecule has 122 valence electrons. The summed E-state index contributed by atoms with van der Waals surface area (Å²) in [5, 5.41) is 5.92. The van der Waals surface area contributed by atoms with E-state index in [0.717, 1.165) is 42.8 Å². The molecule has 2 aromatic heterocycles. The van der Waals surface area contributed by atoms with Gasteiger partial charge >= 0.3 is 0 Å². The maximum absolute atomic E-state index is 12.5. The van der Waals surface area contributed by atoms with Gasteiger partial charge in [-0.05, 0) is 18.2 Å². The fourth-order valence-electron chi connectivity index (χ4n) is 3.08. The quantitative estimate of drug-likeness (QED) is 0.733. The van der Waals surface area contributed by atoms with Crippen LogP contribution in [0.4, 0.5) is 5.82 Å². The smallest absolute Gasteiger partial charge is 0.275 e. The van der Waals surface area contributed by atoms with Gasteiger partial charge in [-0.2, -0.15) is 5.10 Å². The summed E-state index contributed by atoms with van der Waals surface area (Å²) in [5.41, 5.74) is -0.0275. The van der Waals surface area contributed by atoms with Crippen LogP contribution in [-0.2, 0) is 6.67 Å². The SMILES string of the molecule is O=c1c2ccccc2cnn1CN1CCN(c2ccccn2)CC1. The maximum atomic E-state index is 12.5. The molecule has 1 saturated heterocycles. The van der Waals surface area contributed by atoms with E-state index >= 15 is 0 Å². The Morgan fingerprint density at radius 1 is 0.958 bits per heavy atom. The minimum absolute atomic E-state index is 0.0275. The molecule has 3 aromatic rings. The molecule has 1 aliphatic rings. The van der Waals surface area contributed by atoms with Crippen LogP contribution in [0.25, 0.3) is 10.8 Å². The van der Waals surface area contributed by atoms with E-state index in [9.17, 15) is 4.79 Å². The second-order valence-electron chi connectivity index (χ2n) is 5.97. The summed E-state index contributed by atoms with van der Waals surface area (Å²) in [5.74, 6) is 1.01. The Morgan fingerprint density at radius 3 is 2.54 bits per heavy atom. The van der Waals surface area contributed by atoms with E-state index in [1.807, 2.05) is 48.7 Å². The molecular formula is C18H19N5O. The van der Waals surface area contributed by atoms with E-state index in [0.29, 0.717) is 6.67 Å². The minimum atomic E-state index is -0.0275. The van der Waals surface area contributed by atoms with Gasteiger partial charge in [0.05, 0.1) is 18.3 Å². The van der Waals surface area contributed by atoms with Gasteiger partial charge in [0.15, 0.2) is 0 Å². The van der Waals surface area contributed by atoms with Crippen molar-refractivity contribution in [2.45, 2.75) is 6.67 Å². The summed E-state index contributed by atoms with van der Waals surface area (Å²) in [6.07, 6.45) is 3.58. The maximum Gasteiger partial charge on any atom is 0.275 e. The van der Waals surface area contributed by atoms with Crippen molar-refractivity contribution in [1.82, 2.24) is 19.7 Å². The summed E-state index contributed by atoms with van der Waals surface area (Å²) >= 11 is 0. The Bertz CT molecular complexity index is 885.